The summed E-state index contributed by atoms with van der Waals surface area (Å²) in [5.41, 5.74) is 5.59. The number of thioether (sulfide) groups is 1. The van der Waals surface area contributed by atoms with Gasteiger partial charge in [0.1, 0.15) is 0 Å². The van der Waals surface area contributed by atoms with Gasteiger partial charge in [-0.2, -0.15) is 11.8 Å². The minimum absolute atomic E-state index is 0.0606. The van der Waals surface area contributed by atoms with Crippen molar-refractivity contribution in [1.82, 2.24) is 15.2 Å². The molecule has 2 heterocycles. The van der Waals surface area contributed by atoms with Gasteiger partial charge in [0, 0.05) is 24.1 Å². The normalized spacial score (nSPS) is 21.7. The highest BCUT2D eigenvalue weighted by molar-refractivity contribution is 7.99. The van der Waals surface area contributed by atoms with E-state index >= 15 is 0 Å². The van der Waals surface area contributed by atoms with Gasteiger partial charge < -0.3 is 10.6 Å². The maximum atomic E-state index is 12.0. The molecule has 0 spiro atoms. The van der Waals surface area contributed by atoms with Gasteiger partial charge in [-0.1, -0.05) is 0 Å². The zero-order chi connectivity index (χ0) is 10.8. The van der Waals surface area contributed by atoms with E-state index in [1.807, 2.05) is 18.7 Å². The summed E-state index contributed by atoms with van der Waals surface area (Å²) in [6, 6.07) is 0.201. The number of nitrogen functional groups attached to an aromatic ring is 1. The van der Waals surface area contributed by atoms with Crippen LogP contribution in [0.25, 0.3) is 0 Å². The van der Waals surface area contributed by atoms with E-state index in [4.69, 9.17) is 5.73 Å². The molecule has 15 heavy (non-hydrogen) atoms. The number of hydrogen-bond donors (Lipinski definition) is 1. The Morgan fingerprint density at radius 1 is 1.67 bits per heavy atom. The van der Waals surface area contributed by atoms with Gasteiger partial charge in [0.05, 0.1) is 0 Å². The molecule has 2 rings (SSSR count). The number of carbonyl (C=O) groups excluding carboxylic acids is 1. The highest BCUT2D eigenvalue weighted by atomic mass is 32.2. The van der Waals surface area contributed by atoms with Gasteiger partial charge in [-0.25, -0.2) is 4.63 Å². The first-order valence-electron chi connectivity index (χ1n) is 4.67. The second-order valence-corrected chi connectivity index (χ2v) is 4.57. The lowest BCUT2D eigenvalue weighted by molar-refractivity contribution is 0.0705. The molecule has 0 saturated carbocycles. The van der Waals surface area contributed by atoms with Crippen LogP contribution in [-0.4, -0.2) is 45.2 Å². The molecule has 1 aromatic heterocycles. The van der Waals surface area contributed by atoms with E-state index in [1.165, 1.54) is 0 Å². The molecule has 1 aliphatic heterocycles. The molecule has 0 aliphatic carbocycles. The Hall–Kier alpha value is -1.24. The van der Waals surface area contributed by atoms with Gasteiger partial charge in [0.25, 0.3) is 5.91 Å². The molecule has 0 aromatic carbocycles. The van der Waals surface area contributed by atoms with Crippen molar-refractivity contribution in [2.45, 2.75) is 13.0 Å². The number of carbonyl (C=O) groups is 1. The molecule has 0 bridgehead atoms. The van der Waals surface area contributed by atoms with Gasteiger partial charge in [-0.05, 0) is 17.2 Å². The number of rotatable bonds is 1. The van der Waals surface area contributed by atoms with Crippen molar-refractivity contribution >= 4 is 23.5 Å². The number of nitrogens with zero attached hydrogens (tertiary/aromatic N) is 3. The minimum atomic E-state index is -0.193. The summed E-state index contributed by atoms with van der Waals surface area (Å²) < 4.78 is 4.41. The van der Waals surface area contributed by atoms with E-state index < -0.39 is 0 Å². The zero-order valence-corrected chi connectivity index (χ0v) is 9.16. The maximum absolute atomic E-state index is 12.0. The lowest BCUT2D eigenvalue weighted by Gasteiger charge is -2.32. The molecule has 2 N–H and O–H groups in total. The Morgan fingerprint density at radius 2 is 2.47 bits per heavy atom. The summed E-state index contributed by atoms with van der Waals surface area (Å²) in [5, 5.41) is 6.91. The molecule has 1 amide bonds. The molecule has 1 saturated heterocycles. The predicted molar refractivity (Wildman–Crippen MR) is 56.5 cm³/mol. The average Bonchev–Trinajstić information content (AvgIpc) is 2.64. The van der Waals surface area contributed by atoms with Crippen LogP contribution >= 0.6 is 11.8 Å². The van der Waals surface area contributed by atoms with Gasteiger partial charge in [-0.3, -0.25) is 4.79 Å². The molecule has 82 valence electrons. The van der Waals surface area contributed by atoms with Crippen molar-refractivity contribution < 1.29 is 9.42 Å². The summed E-state index contributed by atoms with van der Waals surface area (Å²) in [6.07, 6.45) is 0. The van der Waals surface area contributed by atoms with Crippen LogP contribution in [0, 0.1) is 0 Å². The third-order valence-corrected chi connectivity index (χ3v) is 3.53. The Kier molecular flexibility index (Phi) is 2.81. The van der Waals surface area contributed by atoms with Gasteiger partial charge in [0.2, 0.25) is 11.5 Å². The molecular weight excluding hydrogens is 216 g/mol. The first kappa shape index (κ1) is 10.3. The van der Waals surface area contributed by atoms with Crippen LogP contribution in [0.1, 0.15) is 17.4 Å². The lowest BCUT2D eigenvalue weighted by atomic mass is 10.2. The molecule has 1 aromatic rings. The molecule has 1 fully saturated rings. The number of aromatic nitrogens is 2. The minimum Gasteiger partial charge on any atom is -0.379 e. The van der Waals surface area contributed by atoms with Crippen molar-refractivity contribution in [3.8, 4) is 0 Å². The number of amides is 1. The molecule has 1 unspecified atom stereocenters. The lowest BCUT2D eigenvalue weighted by Crippen LogP contribution is -2.44. The number of hydrogen-bond acceptors (Lipinski definition) is 6. The SMILES string of the molecule is CC1CSCCN1C(=O)c1nonc1N. The van der Waals surface area contributed by atoms with E-state index in [2.05, 4.69) is 14.9 Å². The van der Waals surface area contributed by atoms with E-state index in [1.54, 1.807) is 4.90 Å². The van der Waals surface area contributed by atoms with Crippen LogP contribution in [0.4, 0.5) is 5.82 Å². The van der Waals surface area contributed by atoms with Crippen molar-refractivity contribution in [3.63, 3.8) is 0 Å². The Morgan fingerprint density at radius 3 is 3.07 bits per heavy atom. The van der Waals surface area contributed by atoms with Crippen molar-refractivity contribution in [2.75, 3.05) is 23.8 Å². The monoisotopic (exact) mass is 228 g/mol. The third kappa shape index (κ3) is 1.92. The maximum Gasteiger partial charge on any atom is 0.280 e. The highest BCUT2D eigenvalue weighted by Crippen LogP contribution is 2.19. The average molecular weight is 228 g/mol. The summed E-state index contributed by atoms with van der Waals surface area (Å²) in [6.45, 7) is 2.73. The third-order valence-electron chi connectivity index (χ3n) is 2.34. The second-order valence-electron chi connectivity index (χ2n) is 3.42. The fourth-order valence-corrected chi connectivity index (χ4v) is 2.52. The van der Waals surface area contributed by atoms with Crippen molar-refractivity contribution in [2.24, 2.45) is 0 Å². The summed E-state index contributed by atoms with van der Waals surface area (Å²) in [4.78, 5) is 13.7. The van der Waals surface area contributed by atoms with Crippen LogP contribution < -0.4 is 5.73 Å². The van der Waals surface area contributed by atoms with Crippen molar-refractivity contribution in [1.29, 1.82) is 0 Å². The number of anilines is 1. The molecule has 7 heteroatoms. The topological polar surface area (TPSA) is 85.2 Å². The van der Waals surface area contributed by atoms with Gasteiger partial charge >= 0.3 is 0 Å². The fraction of sp³-hybridized carbons (Fsp3) is 0.625. The van der Waals surface area contributed by atoms with Crippen LogP contribution in [-0.2, 0) is 0 Å². The predicted octanol–water partition coefficient (Wildman–Crippen LogP) is 0.229. The Labute approximate surface area is 91.1 Å². The van der Waals surface area contributed by atoms with Crippen LogP contribution in [0.15, 0.2) is 4.63 Å². The van der Waals surface area contributed by atoms with Crippen molar-refractivity contribution in [3.05, 3.63) is 5.69 Å². The van der Waals surface area contributed by atoms with Gasteiger partial charge in [0.15, 0.2) is 0 Å². The Balaban J connectivity index is 2.17. The Bertz CT molecular complexity index is 367. The largest absolute Gasteiger partial charge is 0.379 e. The summed E-state index contributed by atoms with van der Waals surface area (Å²) in [5.74, 6) is 1.75. The van der Waals surface area contributed by atoms with E-state index in [9.17, 15) is 4.79 Å². The molecule has 0 radical (unpaired) electrons. The fourth-order valence-electron chi connectivity index (χ4n) is 1.51. The van der Waals surface area contributed by atoms with Crippen LogP contribution in [0.3, 0.4) is 0 Å². The first-order valence-corrected chi connectivity index (χ1v) is 5.82. The van der Waals surface area contributed by atoms with Gasteiger partial charge in [-0.15, -0.1) is 0 Å². The summed E-state index contributed by atoms with van der Waals surface area (Å²) in [7, 11) is 0. The zero-order valence-electron chi connectivity index (χ0n) is 8.34. The summed E-state index contributed by atoms with van der Waals surface area (Å²) >= 11 is 1.84. The second kappa shape index (κ2) is 4.09. The van der Waals surface area contributed by atoms with E-state index in [-0.39, 0.29) is 23.5 Å². The highest BCUT2D eigenvalue weighted by Gasteiger charge is 2.28. The first-order chi connectivity index (χ1) is 7.20. The number of nitrogens with two attached hydrogens (primary N) is 1. The standard InChI is InChI=1S/C8H12N4O2S/c1-5-4-15-3-2-12(5)8(13)6-7(9)11-14-10-6/h5H,2-4H2,1H3,(H2,9,11). The smallest absolute Gasteiger partial charge is 0.280 e. The van der Waals surface area contributed by atoms with E-state index in [0.717, 1.165) is 18.1 Å². The quantitative estimate of drug-likeness (QED) is 0.740. The molecule has 6 nitrogen and oxygen atoms in total. The van der Waals surface area contributed by atoms with E-state index in [0.29, 0.717) is 0 Å². The molecule has 1 atom stereocenters. The van der Waals surface area contributed by atoms with Crippen LogP contribution in [0.2, 0.25) is 0 Å². The molecule has 1 aliphatic rings. The molecular formula is C8H12N4O2S. The van der Waals surface area contributed by atoms with Crippen LogP contribution in [0.5, 0.6) is 0 Å².